The predicted molar refractivity (Wildman–Crippen MR) is 83.9 cm³/mol. The number of para-hydroxylation sites is 1. The maximum absolute atomic E-state index is 13.5. The second kappa shape index (κ2) is 7.15. The SMILES string of the molecule is NC(=S)c1cc(F)cc(COc2ccccc2CCO)c1. The Morgan fingerprint density at radius 3 is 2.71 bits per heavy atom. The fraction of sp³-hybridized carbons (Fsp3) is 0.188. The van der Waals surface area contributed by atoms with Crippen molar-refractivity contribution in [2.75, 3.05) is 6.61 Å². The summed E-state index contributed by atoms with van der Waals surface area (Å²) < 4.78 is 19.2. The summed E-state index contributed by atoms with van der Waals surface area (Å²) in [4.78, 5) is 0.149. The Morgan fingerprint density at radius 1 is 1.24 bits per heavy atom. The molecule has 0 fully saturated rings. The fourth-order valence-electron chi connectivity index (χ4n) is 2.01. The first kappa shape index (κ1) is 15.4. The second-order valence-electron chi connectivity index (χ2n) is 4.58. The molecular formula is C16H16FNO2S. The van der Waals surface area contributed by atoms with E-state index in [1.807, 2.05) is 24.3 Å². The van der Waals surface area contributed by atoms with Gasteiger partial charge in [0.15, 0.2) is 0 Å². The average Bonchev–Trinajstić information content (AvgIpc) is 2.46. The topological polar surface area (TPSA) is 55.5 Å². The summed E-state index contributed by atoms with van der Waals surface area (Å²) in [6.07, 6.45) is 0.511. The first-order valence-electron chi connectivity index (χ1n) is 6.51. The summed E-state index contributed by atoms with van der Waals surface area (Å²) in [5.74, 6) is 0.273. The van der Waals surface area contributed by atoms with Gasteiger partial charge in [-0.05, 0) is 41.8 Å². The minimum Gasteiger partial charge on any atom is -0.489 e. The van der Waals surface area contributed by atoms with Crippen LogP contribution in [0.25, 0.3) is 0 Å². The Balaban J connectivity index is 2.15. The molecule has 5 heteroatoms. The molecule has 0 amide bonds. The molecule has 21 heavy (non-hydrogen) atoms. The Morgan fingerprint density at radius 2 is 2.00 bits per heavy atom. The molecule has 0 aromatic heterocycles. The molecule has 2 rings (SSSR count). The normalized spacial score (nSPS) is 10.4. The van der Waals surface area contributed by atoms with Crippen molar-refractivity contribution in [3.63, 3.8) is 0 Å². The van der Waals surface area contributed by atoms with Gasteiger partial charge >= 0.3 is 0 Å². The van der Waals surface area contributed by atoms with Gasteiger partial charge in [0.1, 0.15) is 23.2 Å². The van der Waals surface area contributed by atoms with Gasteiger partial charge in [0.05, 0.1) is 0 Å². The molecular weight excluding hydrogens is 289 g/mol. The first-order chi connectivity index (χ1) is 10.1. The highest BCUT2D eigenvalue weighted by Gasteiger charge is 2.06. The number of ether oxygens (including phenoxy) is 1. The largest absolute Gasteiger partial charge is 0.489 e. The van der Waals surface area contributed by atoms with Gasteiger partial charge in [0, 0.05) is 12.2 Å². The van der Waals surface area contributed by atoms with Gasteiger partial charge in [-0.3, -0.25) is 0 Å². The lowest BCUT2D eigenvalue weighted by molar-refractivity contribution is 0.283. The van der Waals surface area contributed by atoms with E-state index in [9.17, 15) is 4.39 Å². The van der Waals surface area contributed by atoms with Crippen LogP contribution in [0.15, 0.2) is 42.5 Å². The third-order valence-electron chi connectivity index (χ3n) is 2.99. The van der Waals surface area contributed by atoms with Crippen molar-refractivity contribution < 1.29 is 14.2 Å². The van der Waals surface area contributed by atoms with Crippen molar-refractivity contribution in [3.05, 3.63) is 65.0 Å². The Bertz CT molecular complexity index is 646. The van der Waals surface area contributed by atoms with Crippen LogP contribution in [0.4, 0.5) is 4.39 Å². The molecule has 3 N–H and O–H groups in total. The standard InChI is InChI=1S/C16H16FNO2S/c17-14-8-11(7-13(9-14)16(18)21)10-20-15-4-2-1-3-12(15)5-6-19/h1-4,7-9,19H,5-6,10H2,(H2,18,21). The van der Waals surface area contributed by atoms with Crippen molar-refractivity contribution in [2.24, 2.45) is 5.73 Å². The highest BCUT2D eigenvalue weighted by molar-refractivity contribution is 7.80. The zero-order valence-electron chi connectivity index (χ0n) is 11.4. The Hall–Kier alpha value is -1.98. The predicted octanol–water partition coefficient (Wildman–Crippen LogP) is 2.57. The lowest BCUT2D eigenvalue weighted by Crippen LogP contribution is -2.10. The molecule has 0 unspecified atom stereocenters. The van der Waals surface area contributed by atoms with Crippen LogP contribution in [0.1, 0.15) is 16.7 Å². The van der Waals surface area contributed by atoms with E-state index in [1.54, 1.807) is 6.07 Å². The summed E-state index contributed by atoms with van der Waals surface area (Å²) in [5, 5.41) is 9.03. The van der Waals surface area contributed by atoms with Crippen molar-refractivity contribution in [2.45, 2.75) is 13.0 Å². The van der Waals surface area contributed by atoms with Crippen LogP contribution >= 0.6 is 12.2 Å². The van der Waals surface area contributed by atoms with Crippen LogP contribution in [0.2, 0.25) is 0 Å². The summed E-state index contributed by atoms with van der Waals surface area (Å²) >= 11 is 4.86. The molecule has 0 aliphatic carbocycles. The van der Waals surface area contributed by atoms with Crippen LogP contribution in [0, 0.1) is 5.82 Å². The van der Waals surface area contributed by atoms with E-state index in [0.29, 0.717) is 23.3 Å². The molecule has 0 saturated heterocycles. The van der Waals surface area contributed by atoms with Crippen molar-refractivity contribution in [3.8, 4) is 5.75 Å². The number of aliphatic hydroxyl groups excluding tert-OH is 1. The van der Waals surface area contributed by atoms with Crippen LogP contribution < -0.4 is 10.5 Å². The number of halogens is 1. The molecule has 0 bridgehead atoms. The highest BCUT2D eigenvalue weighted by atomic mass is 32.1. The molecule has 0 spiro atoms. The van der Waals surface area contributed by atoms with E-state index in [-0.39, 0.29) is 18.2 Å². The number of rotatable bonds is 6. The number of hydrogen-bond donors (Lipinski definition) is 2. The fourth-order valence-corrected chi connectivity index (χ4v) is 2.13. The minimum absolute atomic E-state index is 0.0476. The van der Waals surface area contributed by atoms with E-state index in [0.717, 1.165) is 5.56 Å². The molecule has 0 aliphatic heterocycles. The maximum Gasteiger partial charge on any atom is 0.124 e. The van der Waals surface area contributed by atoms with Gasteiger partial charge in [-0.15, -0.1) is 0 Å². The van der Waals surface area contributed by atoms with E-state index in [1.165, 1.54) is 12.1 Å². The lowest BCUT2D eigenvalue weighted by Gasteiger charge is -2.11. The average molecular weight is 305 g/mol. The van der Waals surface area contributed by atoms with Crippen molar-refractivity contribution in [1.29, 1.82) is 0 Å². The maximum atomic E-state index is 13.5. The van der Waals surface area contributed by atoms with E-state index >= 15 is 0 Å². The summed E-state index contributed by atoms with van der Waals surface area (Å²) in [6, 6.07) is 11.8. The lowest BCUT2D eigenvalue weighted by atomic mass is 10.1. The molecule has 0 aliphatic rings. The van der Waals surface area contributed by atoms with E-state index in [2.05, 4.69) is 0 Å². The summed E-state index contributed by atoms with van der Waals surface area (Å²) in [6.45, 7) is 0.252. The van der Waals surface area contributed by atoms with Crippen molar-refractivity contribution in [1.82, 2.24) is 0 Å². The summed E-state index contributed by atoms with van der Waals surface area (Å²) in [5.41, 5.74) is 7.56. The van der Waals surface area contributed by atoms with Crippen LogP contribution in [0.5, 0.6) is 5.75 Å². The monoisotopic (exact) mass is 305 g/mol. The van der Waals surface area contributed by atoms with Gasteiger partial charge in [-0.1, -0.05) is 30.4 Å². The van der Waals surface area contributed by atoms with Gasteiger partial charge in [0.25, 0.3) is 0 Å². The van der Waals surface area contributed by atoms with Gasteiger partial charge < -0.3 is 15.6 Å². The Labute approximate surface area is 128 Å². The van der Waals surface area contributed by atoms with E-state index < -0.39 is 5.82 Å². The van der Waals surface area contributed by atoms with Crippen molar-refractivity contribution >= 4 is 17.2 Å². The number of benzene rings is 2. The number of thiocarbonyl (C=S) groups is 1. The minimum atomic E-state index is -0.400. The van der Waals surface area contributed by atoms with Gasteiger partial charge in [0.2, 0.25) is 0 Å². The van der Waals surface area contributed by atoms with Crippen LogP contribution in [0.3, 0.4) is 0 Å². The molecule has 0 heterocycles. The molecule has 0 radical (unpaired) electrons. The number of hydrogen-bond acceptors (Lipinski definition) is 3. The smallest absolute Gasteiger partial charge is 0.124 e. The number of nitrogens with two attached hydrogens (primary N) is 1. The van der Waals surface area contributed by atoms with Crippen LogP contribution in [-0.2, 0) is 13.0 Å². The first-order valence-corrected chi connectivity index (χ1v) is 6.92. The molecule has 0 atom stereocenters. The zero-order chi connectivity index (χ0) is 15.2. The zero-order valence-corrected chi connectivity index (χ0v) is 12.2. The molecule has 2 aromatic carbocycles. The second-order valence-corrected chi connectivity index (χ2v) is 5.02. The van der Waals surface area contributed by atoms with E-state index in [4.69, 9.17) is 27.8 Å². The molecule has 2 aromatic rings. The molecule has 0 saturated carbocycles. The van der Waals surface area contributed by atoms with Gasteiger partial charge in [-0.2, -0.15) is 0 Å². The molecule has 3 nitrogen and oxygen atoms in total. The quantitative estimate of drug-likeness (QED) is 0.805. The highest BCUT2D eigenvalue weighted by Crippen LogP contribution is 2.20. The third kappa shape index (κ3) is 4.24. The van der Waals surface area contributed by atoms with Gasteiger partial charge in [-0.25, -0.2) is 4.39 Å². The summed E-state index contributed by atoms with van der Waals surface area (Å²) in [7, 11) is 0. The third-order valence-corrected chi connectivity index (χ3v) is 3.23. The number of aliphatic hydroxyl groups is 1. The van der Waals surface area contributed by atoms with Crippen LogP contribution in [-0.4, -0.2) is 16.7 Å². The Kier molecular flexibility index (Phi) is 5.25. The molecule has 110 valence electrons.